The minimum atomic E-state index is -6.00. The molecule has 0 saturated carbocycles. The van der Waals surface area contributed by atoms with E-state index in [4.69, 9.17) is 14.7 Å². The molecule has 102 heavy (non-hydrogen) atoms. The third-order valence-electron chi connectivity index (χ3n) is 16.7. The van der Waals surface area contributed by atoms with Crippen molar-refractivity contribution in [2.75, 3.05) is 69.7 Å². The molecular weight excluding hydrogens is 1420 g/mol. The molecule has 3 saturated heterocycles. The molecule has 0 bridgehead atoms. The average molecular weight is 1500 g/mol. The van der Waals surface area contributed by atoms with E-state index in [1.165, 1.54) is 37.7 Å². The van der Waals surface area contributed by atoms with E-state index in [2.05, 4.69) is 102 Å². The molecule has 0 radical (unpaired) electrons. The van der Waals surface area contributed by atoms with Crippen LogP contribution in [0.1, 0.15) is 33.6 Å². The number of ether oxygens (including phenoxy) is 2. The van der Waals surface area contributed by atoms with Gasteiger partial charge in [-0.3, -0.25) is 14.5 Å². The maximum atomic E-state index is 12.2. The zero-order valence-electron chi connectivity index (χ0n) is 58.4. The molecule has 542 valence electrons. The van der Waals surface area contributed by atoms with Crippen LogP contribution in [0.4, 0.5) is 17.3 Å². The summed E-state index contributed by atoms with van der Waals surface area (Å²) in [6.45, 7) is 22.9. The van der Waals surface area contributed by atoms with E-state index < -0.39 is 64.5 Å². The predicted molar refractivity (Wildman–Crippen MR) is 376 cm³/mol. The first-order chi connectivity index (χ1) is 47.7. The van der Waals surface area contributed by atoms with Crippen molar-refractivity contribution in [1.82, 2.24) is 86.3 Å². The topological polar surface area (TPSA) is 379 Å². The molecule has 9 aromatic rings. The van der Waals surface area contributed by atoms with Gasteiger partial charge in [0.15, 0.2) is 0 Å². The van der Waals surface area contributed by atoms with Gasteiger partial charge < -0.3 is 45.5 Å². The first kappa shape index (κ1) is 81.4. The first-order valence-corrected chi connectivity index (χ1v) is 44.3. The number of aliphatic hydroxyl groups is 1. The van der Waals surface area contributed by atoms with E-state index in [1.807, 2.05) is 58.2 Å². The Kier molecular flexibility index (Phi) is 27.3. The van der Waals surface area contributed by atoms with E-state index in [0.29, 0.717) is 37.9 Å². The average Bonchev–Trinajstić information content (AvgIpc) is 1.38. The summed E-state index contributed by atoms with van der Waals surface area (Å²) in [6.07, 6.45) is 22.5. The molecule has 2 N–H and O–H groups in total. The number of allylic oxidation sites excluding steroid dienone is 1. The second-order valence-corrected chi connectivity index (χ2v) is 44.5. The summed E-state index contributed by atoms with van der Waals surface area (Å²) < 4.78 is 135. The Balaban J connectivity index is 0.000000194. The molecule has 12 heterocycles. The third kappa shape index (κ3) is 20.3. The van der Waals surface area contributed by atoms with Crippen LogP contribution in [0.3, 0.4) is 0 Å². The van der Waals surface area contributed by atoms with Crippen LogP contribution in [0.2, 0.25) is 51.4 Å². The third-order valence-corrected chi connectivity index (χ3v) is 25.5. The van der Waals surface area contributed by atoms with Crippen molar-refractivity contribution in [3.8, 4) is 52.0 Å². The number of H-pyrrole nitrogens is 1. The Bertz CT molecular complexity index is 4830. The summed E-state index contributed by atoms with van der Waals surface area (Å²) in [7, 11) is -17.8. The van der Waals surface area contributed by atoms with Crippen molar-refractivity contribution in [3.05, 3.63) is 105 Å². The Labute approximate surface area is 603 Å². The fourth-order valence-electron chi connectivity index (χ4n) is 10.8. The van der Waals surface area contributed by atoms with Gasteiger partial charge in [0.1, 0.15) is 67.2 Å². The molecule has 3 fully saturated rings. The maximum Gasteiger partial charge on any atom is 1.00 e. The number of sulfonamides is 3. The molecule has 3 aliphatic rings. The standard InChI is InChI=1S/C22H31N7O3SSi.C17H19N7O3S.C15H21N5OSi.C7H10N2O2S.BF4.Li/c1-5-33(30,31)28-14-22(15-28,7-8-23)29-13-18(12-26-29)20-19-6-9-27(21(19)25-16-24-20)17-32-10-11-34(2,3)4;1-2-28(26,27)23-9-17(10-23,4-5-18)24-8-13(7-21-24)15-14-3-6-22(12-25)16(14)20-11-19-15;1-22(2,3)7-6-21-11-20-5-4-13-14(12-8-18-19-9-12)16-10-17-15(13)20;1-2-12(10,11)9-5-7(6-9)3-4-8;2-1(3,4)5;/h6,9,12-13,16H,5,7,10-11,14-15,17H2,1-4H3;3,6-8,11,25H,2,4,9-10,12H2,1H3;4-5,8-10H,6-7,11H2,1-3H3,(H,18,19);3H,2,5-6H2,1H3;;/q;;;;-1;+1. The van der Waals surface area contributed by atoms with Crippen LogP contribution < -0.4 is 18.9 Å². The van der Waals surface area contributed by atoms with Crippen LogP contribution in [0.5, 0.6) is 0 Å². The first-order valence-electron chi connectivity index (χ1n) is 32.1. The monoisotopic (exact) mass is 1500 g/mol. The molecule has 30 nitrogen and oxygen atoms in total. The molecule has 0 spiro atoms. The van der Waals surface area contributed by atoms with Crippen molar-refractivity contribution in [2.24, 2.45) is 0 Å². The van der Waals surface area contributed by atoms with Gasteiger partial charge in [0, 0.05) is 145 Å². The minimum absolute atomic E-state index is 0. The van der Waals surface area contributed by atoms with Crippen molar-refractivity contribution in [3.63, 3.8) is 0 Å². The van der Waals surface area contributed by atoms with Crippen molar-refractivity contribution in [2.45, 2.75) is 116 Å². The molecule has 0 atom stereocenters. The van der Waals surface area contributed by atoms with Gasteiger partial charge in [-0.2, -0.15) is 44.0 Å². The fourth-order valence-corrected chi connectivity index (χ4v) is 15.9. The van der Waals surface area contributed by atoms with E-state index in [-0.39, 0.29) is 81.9 Å². The van der Waals surface area contributed by atoms with Gasteiger partial charge in [-0.25, -0.2) is 55.2 Å². The van der Waals surface area contributed by atoms with E-state index in [1.54, 1.807) is 72.0 Å². The van der Waals surface area contributed by atoms with Crippen molar-refractivity contribution >= 4 is 86.6 Å². The van der Waals surface area contributed by atoms with Gasteiger partial charge in [0.2, 0.25) is 30.1 Å². The van der Waals surface area contributed by atoms with Crippen LogP contribution >= 0.6 is 0 Å². The van der Waals surface area contributed by atoms with Crippen molar-refractivity contribution < 1.29 is 76.0 Å². The van der Waals surface area contributed by atoms with E-state index >= 15 is 0 Å². The summed E-state index contributed by atoms with van der Waals surface area (Å²) in [5, 5.41) is 54.7. The van der Waals surface area contributed by atoms with Gasteiger partial charge in [0.05, 0.1) is 84.0 Å². The summed E-state index contributed by atoms with van der Waals surface area (Å²) in [5.41, 5.74) is 6.58. The number of aliphatic hydroxyl groups excluding tert-OH is 1. The molecule has 0 unspecified atom stereocenters. The Hall–Kier alpha value is -7.87. The number of hydrogen-bond acceptors (Lipinski definition) is 21. The Morgan fingerprint density at radius 2 is 0.961 bits per heavy atom. The molecule has 0 aliphatic carbocycles. The number of fused-ring (bicyclic) bond motifs is 3. The van der Waals surface area contributed by atoms with Gasteiger partial charge >= 0.3 is 26.1 Å². The fraction of sp³-hybridized carbons (Fsp3) is 0.475. The predicted octanol–water partition coefficient (Wildman–Crippen LogP) is 4.94. The van der Waals surface area contributed by atoms with Crippen LogP contribution in [-0.4, -0.2) is 210 Å². The summed E-state index contributed by atoms with van der Waals surface area (Å²) in [4.78, 5) is 26.3. The van der Waals surface area contributed by atoms with Crippen LogP contribution in [0, 0.1) is 34.0 Å². The molecule has 0 aromatic carbocycles. The normalized spacial score (nSPS) is 15.4. The SMILES string of the molecule is CCS(=O)(=O)N1CC(=CC#N)C1.CCS(=O)(=O)N1CC(CC#N)(n2cc(-c3ncnc4c3ccn4CO)cn2)C1.CCS(=O)(=O)N1CC(CC#N)(n2cc(-c3ncnc4c3ccn4COCC[Si](C)(C)C)cn2)C1.C[Si](C)(C)CCOCn1ccc2c(-c3cn[nH]c3)ncnc21.F[B-](F)(F)F.[Li+]. The Morgan fingerprint density at radius 3 is 1.30 bits per heavy atom. The molecule has 9 aromatic heterocycles. The van der Waals surface area contributed by atoms with E-state index in [9.17, 15) is 58.1 Å². The zero-order chi connectivity index (χ0) is 73.8. The smallest absolute Gasteiger partial charge is 0.418 e. The Morgan fingerprint density at radius 1 is 0.588 bits per heavy atom. The molecule has 41 heteroatoms. The van der Waals surface area contributed by atoms with Crippen LogP contribution in [0.25, 0.3) is 66.9 Å². The number of hydrogen-bond donors (Lipinski definition) is 2. The number of rotatable bonds is 24. The van der Waals surface area contributed by atoms with Gasteiger partial charge in [0.25, 0.3) is 0 Å². The number of aromatic nitrogens is 15. The second kappa shape index (κ2) is 34.2. The van der Waals surface area contributed by atoms with Gasteiger partial charge in [-0.05, 0) is 56.6 Å². The van der Waals surface area contributed by atoms with Crippen molar-refractivity contribution in [1.29, 1.82) is 15.8 Å². The summed E-state index contributed by atoms with van der Waals surface area (Å²) in [5.74, 6) is 0.200. The number of nitrogens with zero attached hydrogens (tertiary/aromatic N) is 20. The molecular formula is C61H81BF4LiN21O9S3Si2. The van der Waals surface area contributed by atoms with Gasteiger partial charge in [-0.15, -0.1) is 0 Å². The van der Waals surface area contributed by atoms with Gasteiger partial charge in [-0.1, -0.05) is 39.3 Å². The number of nitriles is 3. The molecule has 0 amide bonds. The second-order valence-electron chi connectivity index (χ2n) is 26.5. The minimum Gasteiger partial charge on any atom is -0.418 e. The summed E-state index contributed by atoms with van der Waals surface area (Å²) in [6, 6.07) is 14.3. The number of halogens is 4. The maximum absolute atomic E-state index is 12.2. The molecule has 12 rings (SSSR count). The number of nitrogens with one attached hydrogen (secondary N) is 1. The van der Waals surface area contributed by atoms with E-state index in [0.717, 1.165) is 80.4 Å². The number of aromatic amines is 1. The zero-order valence-corrected chi connectivity index (χ0v) is 62.9. The van der Waals surface area contributed by atoms with Crippen LogP contribution in [-0.2, 0) is 70.8 Å². The van der Waals surface area contributed by atoms with Crippen LogP contribution in [0.15, 0.2) is 105 Å². The molecule has 3 aliphatic heterocycles. The summed E-state index contributed by atoms with van der Waals surface area (Å²) >= 11 is 0. The largest absolute Gasteiger partial charge is 1.00 e. The quantitative estimate of drug-likeness (QED) is 0.0350.